The quantitative estimate of drug-likeness (QED) is 0.676. The van der Waals surface area contributed by atoms with Crippen molar-refractivity contribution in [2.75, 3.05) is 25.5 Å². The Kier molecular flexibility index (Phi) is 7.04. The average molecular weight is 257 g/mol. The Morgan fingerprint density at radius 1 is 1.25 bits per heavy atom. The van der Waals surface area contributed by atoms with Crippen molar-refractivity contribution in [2.45, 2.75) is 0 Å². The smallest absolute Gasteiger partial charge is 0.495 e. The minimum Gasteiger partial charge on any atom is -0.495 e. The van der Waals surface area contributed by atoms with Gasteiger partial charge in [-0.1, -0.05) is 12.1 Å². The summed E-state index contributed by atoms with van der Waals surface area (Å²) in [6.07, 6.45) is -0.930. The van der Waals surface area contributed by atoms with Gasteiger partial charge in [0.05, 0.1) is 12.8 Å². The molecular weight excluding hydrogens is 245 g/mol. The zero-order chi connectivity index (χ0) is 11.5. The summed E-state index contributed by atoms with van der Waals surface area (Å²) in [5.74, 6) is 0.444. The molecule has 0 atom stereocenters. The summed E-state index contributed by atoms with van der Waals surface area (Å²) in [7, 11) is 2.83. The molecule has 0 aliphatic heterocycles. The van der Waals surface area contributed by atoms with Crippen molar-refractivity contribution in [3.8, 4) is 5.75 Å². The summed E-state index contributed by atoms with van der Waals surface area (Å²) >= 11 is 0. The third-order valence-corrected chi connectivity index (χ3v) is 1.98. The van der Waals surface area contributed by atoms with Crippen molar-refractivity contribution in [3.05, 3.63) is 24.3 Å². The third kappa shape index (κ3) is 5.09. The van der Waals surface area contributed by atoms with Crippen molar-refractivity contribution in [1.29, 1.82) is 0 Å². The van der Waals surface area contributed by atoms with E-state index in [4.69, 9.17) is 4.74 Å². The van der Waals surface area contributed by atoms with Crippen molar-refractivity contribution in [3.63, 3.8) is 0 Å². The van der Waals surface area contributed by atoms with E-state index in [1.165, 1.54) is 14.2 Å². The first-order valence-corrected chi connectivity index (χ1v) is 4.49. The molecule has 0 radical (unpaired) electrons. The molecule has 1 aromatic carbocycles. The molecule has 0 heterocycles. The van der Waals surface area contributed by atoms with E-state index in [9.17, 15) is 12.9 Å². The molecule has 1 aromatic rings. The van der Waals surface area contributed by atoms with Crippen LogP contribution in [0.1, 0.15) is 0 Å². The van der Waals surface area contributed by atoms with Gasteiger partial charge in [-0.25, -0.2) is 0 Å². The minimum absolute atomic E-state index is 0. The van der Waals surface area contributed by atoms with Gasteiger partial charge in [0.25, 0.3) is 0 Å². The molecule has 1 rings (SSSR count). The molecule has 0 saturated heterocycles. The van der Waals surface area contributed by atoms with E-state index in [0.29, 0.717) is 11.4 Å². The number of rotatable bonds is 4. The molecule has 0 aliphatic carbocycles. The summed E-state index contributed by atoms with van der Waals surface area (Å²) in [6.45, 7) is -4.82. The van der Waals surface area contributed by atoms with Gasteiger partial charge in [0, 0.05) is 7.05 Å². The first-order chi connectivity index (χ1) is 6.94. The van der Waals surface area contributed by atoms with Crippen molar-refractivity contribution in [1.82, 2.24) is 0 Å². The first kappa shape index (κ1) is 16.3. The molecule has 0 spiro atoms. The number of anilines is 1. The Morgan fingerprint density at radius 2 is 1.81 bits per heavy atom. The van der Waals surface area contributed by atoms with Crippen molar-refractivity contribution >= 4 is 12.7 Å². The molecule has 2 nitrogen and oxygen atoms in total. The van der Waals surface area contributed by atoms with E-state index in [-0.39, 0.29) is 51.4 Å². The summed E-state index contributed by atoms with van der Waals surface area (Å²) in [5.41, 5.74) is 0.444. The van der Waals surface area contributed by atoms with Gasteiger partial charge in [0.2, 0.25) is 0 Å². The Balaban J connectivity index is 0.00000225. The maximum absolute atomic E-state index is 12.2. The monoisotopic (exact) mass is 257 g/mol. The van der Waals surface area contributed by atoms with Crippen LogP contribution in [0, 0.1) is 0 Å². The second-order valence-corrected chi connectivity index (χ2v) is 3.26. The second kappa shape index (κ2) is 6.90. The van der Waals surface area contributed by atoms with Crippen LogP contribution in [-0.4, -0.2) is 27.6 Å². The van der Waals surface area contributed by atoms with Gasteiger partial charge in [0.1, 0.15) is 5.75 Å². The standard InChI is InChI=1S/C9H12BF3NO.K/c1-14(7-10(11,12)13)8-5-3-4-6-9(8)15-2;/h3-6H,7H2,1-2H3;/q-1;+1. The normalized spacial score (nSPS) is 10.6. The number of methoxy groups -OCH3 is 1. The molecular formula is C9H12BF3KNO. The van der Waals surface area contributed by atoms with Crippen LogP contribution in [0.2, 0.25) is 0 Å². The molecule has 0 N–H and O–H groups in total. The molecule has 0 fully saturated rings. The van der Waals surface area contributed by atoms with Crippen LogP contribution in [0.25, 0.3) is 0 Å². The van der Waals surface area contributed by atoms with Crippen molar-refractivity contribution < 1.29 is 69.1 Å². The number of ether oxygens (including phenoxy) is 1. The molecule has 0 aromatic heterocycles. The molecule has 0 aliphatic rings. The van der Waals surface area contributed by atoms with Crippen LogP contribution in [0.15, 0.2) is 24.3 Å². The van der Waals surface area contributed by atoms with Gasteiger partial charge in [0.15, 0.2) is 0 Å². The zero-order valence-electron chi connectivity index (χ0n) is 9.58. The van der Waals surface area contributed by atoms with Crippen LogP contribution in [-0.2, 0) is 0 Å². The summed E-state index contributed by atoms with van der Waals surface area (Å²) in [5, 5.41) is 0. The van der Waals surface area contributed by atoms with E-state index in [0.717, 1.165) is 4.90 Å². The molecule has 0 unspecified atom stereocenters. The van der Waals surface area contributed by atoms with Gasteiger partial charge in [-0.15, -0.1) is 0 Å². The number of hydrogen-bond donors (Lipinski definition) is 0. The fourth-order valence-electron chi connectivity index (χ4n) is 1.35. The average Bonchev–Trinajstić information content (AvgIpc) is 2.15. The maximum Gasteiger partial charge on any atom is 1.00 e. The first-order valence-electron chi connectivity index (χ1n) is 4.49. The Bertz CT molecular complexity index is 335. The van der Waals surface area contributed by atoms with Crippen molar-refractivity contribution in [2.24, 2.45) is 0 Å². The number of benzene rings is 1. The maximum atomic E-state index is 12.2. The number of para-hydroxylation sites is 2. The van der Waals surface area contributed by atoms with Gasteiger partial charge in [-0.3, -0.25) is 0 Å². The Hall–Kier alpha value is 0.311. The fourth-order valence-corrected chi connectivity index (χ4v) is 1.35. The zero-order valence-corrected chi connectivity index (χ0v) is 12.7. The van der Waals surface area contributed by atoms with Crippen LogP contribution in [0.3, 0.4) is 0 Å². The van der Waals surface area contributed by atoms with E-state index in [1.807, 2.05) is 0 Å². The molecule has 7 heteroatoms. The van der Waals surface area contributed by atoms with E-state index in [1.54, 1.807) is 24.3 Å². The van der Waals surface area contributed by atoms with Gasteiger partial charge >= 0.3 is 58.4 Å². The van der Waals surface area contributed by atoms with Crippen LogP contribution < -0.4 is 61.0 Å². The molecule has 0 saturated carbocycles. The second-order valence-electron chi connectivity index (χ2n) is 3.26. The number of hydrogen-bond acceptors (Lipinski definition) is 2. The Morgan fingerprint density at radius 3 is 2.31 bits per heavy atom. The van der Waals surface area contributed by atoms with Crippen LogP contribution in [0.4, 0.5) is 18.6 Å². The van der Waals surface area contributed by atoms with E-state index in [2.05, 4.69) is 0 Å². The van der Waals surface area contributed by atoms with Gasteiger partial charge in [-0.05, 0) is 18.6 Å². The van der Waals surface area contributed by atoms with Gasteiger partial charge in [-0.2, -0.15) is 0 Å². The molecule has 0 amide bonds. The minimum atomic E-state index is -4.82. The largest absolute Gasteiger partial charge is 1.00 e. The van der Waals surface area contributed by atoms with Gasteiger partial charge < -0.3 is 22.6 Å². The topological polar surface area (TPSA) is 12.5 Å². The van der Waals surface area contributed by atoms with E-state index < -0.39 is 13.4 Å². The summed E-state index contributed by atoms with van der Waals surface area (Å²) in [6, 6.07) is 6.63. The number of nitrogens with zero attached hydrogens (tertiary/aromatic N) is 1. The summed E-state index contributed by atoms with van der Waals surface area (Å²) < 4.78 is 41.6. The molecule has 16 heavy (non-hydrogen) atoms. The number of halogens is 3. The fraction of sp³-hybridized carbons (Fsp3) is 0.333. The Labute approximate surface area is 136 Å². The van der Waals surface area contributed by atoms with E-state index >= 15 is 0 Å². The molecule has 0 bridgehead atoms. The molecule has 84 valence electrons. The summed E-state index contributed by atoms with van der Waals surface area (Å²) in [4.78, 5) is 1.14. The van der Waals surface area contributed by atoms with Crippen LogP contribution in [0.5, 0.6) is 5.75 Å². The predicted octanol–water partition coefficient (Wildman–Crippen LogP) is -0.478. The SMILES string of the molecule is COc1ccccc1N(C)C[B-](F)(F)F.[K+]. The van der Waals surface area contributed by atoms with Crippen LogP contribution >= 0.6 is 0 Å². The predicted molar refractivity (Wildman–Crippen MR) is 55.3 cm³/mol. The third-order valence-electron chi connectivity index (χ3n) is 1.98.